The number of rotatable bonds is 4. The summed E-state index contributed by atoms with van der Waals surface area (Å²) in [4.78, 5) is 21.0. The Hall–Kier alpha value is -2.23. The zero-order chi connectivity index (χ0) is 13.9. The zero-order valence-electron chi connectivity index (χ0n) is 11.3. The molecule has 2 aromatic rings. The number of nitrogens with zero attached hydrogens (tertiary/aromatic N) is 2. The molecule has 4 nitrogen and oxygen atoms in total. The summed E-state index contributed by atoms with van der Waals surface area (Å²) in [5.41, 5.74) is 0.476. The molecule has 0 saturated carbocycles. The first kappa shape index (κ1) is 13.2. The lowest BCUT2D eigenvalue weighted by atomic mass is 9.81. The molecule has 0 N–H and O–H groups in total. The molecule has 0 atom stereocenters. The van der Waals surface area contributed by atoms with Crippen molar-refractivity contribution in [2.45, 2.75) is 19.3 Å². The second-order valence-corrected chi connectivity index (χ2v) is 4.75. The van der Waals surface area contributed by atoms with Gasteiger partial charge in [-0.25, -0.2) is 0 Å². The fourth-order valence-electron chi connectivity index (χ4n) is 1.92. The number of ether oxygens (including phenoxy) is 1. The molecule has 0 bridgehead atoms. The Morgan fingerprint density at radius 1 is 1.21 bits per heavy atom. The molecule has 0 aliphatic rings. The van der Waals surface area contributed by atoms with Crippen LogP contribution in [0.1, 0.15) is 29.9 Å². The number of carbonyl (C=O) groups excluding carboxylic acids is 1. The number of Topliss-reactive ketones (excluding diaryl/α,β-unsaturated/α-hetero) is 1. The maximum absolute atomic E-state index is 12.7. The van der Waals surface area contributed by atoms with Gasteiger partial charge in [0.15, 0.2) is 5.78 Å². The number of methoxy groups -OCH3 is 1. The minimum Gasteiger partial charge on any atom is -0.496 e. The van der Waals surface area contributed by atoms with Gasteiger partial charge < -0.3 is 4.74 Å². The highest BCUT2D eigenvalue weighted by molar-refractivity contribution is 6.05. The van der Waals surface area contributed by atoms with E-state index < -0.39 is 5.41 Å². The monoisotopic (exact) mass is 256 g/mol. The molecular formula is C15H16N2O2. The third-order valence-electron chi connectivity index (χ3n) is 3.12. The fraction of sp³-hybridized carbons (Fsp3) is 0.267. The Morgan fingerprint density at radius 2 is 2.00 bits per heavy atom. The standard InChI is InChI=1S/C15H16N2O2/c1-15(2,13-6-4-5-8-17-13)14(18)11-10-16-9-7-12(11)19-3/h4-10H,1-3H3. The van der Waals surface area contributed by atoms with E-state index in [1.165, 1.54) is 6.20 Å². The van der Waals surface area contributed by atoms with E-state index in [2.05, 4.69) is 9.97 Å². The minimum atomic E-state index is -0.725. The molecule has 0 spiro atoms. The van der Waals surface area contributed by atoms with Crippen molar-refractivity contribution in [1.29, 1.82) is 0 Å². The summed E-state index contributed by atoms with van der Waals surface area (Å²) in [6.45, 7) is 3.70. The summed E-state index contributed by atoms with van der Waals surface area (Å²) < 4.78 is 5.22. The number of hydrogen-bond acceptors (Lipinski definition) is 4. The second kappa shape index (κ2) is 5.18. The Kier molecular flexibility index (Phi) is 3.60. The first-order valence-electron chi connectivity index (χ1n) is 6.01. The molecule has 2 aromatic heterocycles. The van der Waals surface area contributed by atoms with E-state index in [-0.39, 0.29) is 5.78 Å². The van der Waals surface area contributed by atoms with Crippen LogP contribution in [0.2, 0.25) is 0 Å². The van der Waals surface area contributed by atoms with Gasteiger partial charge in [-0.2, -0.15) is 0 Å². The Bertz CT molecular complexity index is 580. The summed E-state index contributed by atoms with van der Waals surface area (Å²) >= 11 is 0. The first-order chi connectivity index (χ1) is 9.07. The van der Waals surface area contributed by atoms with E-state index in [1.54, 1.807) is 25.6 Å². The molecule has 98 valence electrons. The van der Waals surface area contributed by atoms with Crippen LogP contribution in [0.25, 0.3) is 0 Å². The molecular weight excluding hydrogens is 240 g/mol. The van der Waals surface area contributed by atoms with Gasteiger partial charge in [-0.1, -0.05) is 6.07 Å². The van der Waals surface area contributed by atoms with Gasteiger partial charge in [0.05, 0.1) is 23.8 Å². The number of hydrogen-bond donors (Lipinski definition) is 0. The maximum Gasteiger partial charge on any atom is 0.179 e. The van der Waals surface area contributed by atoms with Crippen LogP contribution in [0.4, 0.5) is 0 Å². The molecule has 0 saturated heterocycles. The molecule has 19 heavy (non-hydrogen) atoms. The number of pyridine rings is 2. The van der Waals surface area contributed by atoms with Crippen molar-refractivity contribution >= 4 is 5.78 Å². The largest absolute Gasteiger partial charge is 0.496 e. The van der Waals surface area contributed by atoms with Crippen LogP contribution in [-0.2, 0) is 5.41 Å². The van der Waals surface area contributed by atoms with E-state index in [1.807, 2.05) is 32.0 Å². The third kappa shape index (κ3) is 2.47. The van der Waals surface area contributed by atoms with E-state index in [0.717, 1.165) is 5.69 Å². The van der Waals surface area contributed by atoms with Crippen molar-refractivity contribution in [2.75, 3.05) is 7.11 Å². The topological polar surface area (TPSA) is 52.1 Å². The number of carbonyl (C=O) groups is 1. The van der Waals surface area contributed by atoms with Crippen LogP contribution in [0, 0.1) is 0 Å². The molecule has 4 heteroatoms. The van der Waals surface area contributed by atoms with Gasteiger partial charge in [0.1, 0.15) is 5.75 Å². The van der Waals surface area contributed by atoms with Gasteiger partial charge in [-0.3, -0.25) is 14.8 Å². The second-order valence-electron chi connectivity index (χ2n) is 4.75. The highest BCUT2D eigenvalue weighted by atomic mass is 16.5. The maximum atomic E-state index is 12.7. The van der Waals surface area contributed by atoms with Crippen molar-refractivity contribution in [3.8, 4) is 5.75 Å². The number of ketones is 1. The van der Waals surface area contributed by atoms with Crippen LogP contribution >= 0.6 is 0 Å². The van der Waals surface area contributed by atoms with Gasteiger partial charge in [-0.05, 0) is 32.0 Å². The fourth-order valence-corrected chi connectivity index (χ4v) is 1.92. The molecule has 0 unspecified atom stereocenters. The SMILES string of the molecule is COc1ccncc1C(=O)C(C)(C)c1ccccn1. The molecule has 2 rings (SSSR count). The quantitative estimate of drug-likeness (QED) is 0.789. The lowest BCUT2D eigenvalue weighted by Crippen LogP contribution is -2.30. The Labute approximate surface area is 112 Å². The lowest BCUT2D eigenvalue weighted by Gasteiger charge is -2.23. The highest BCUT2D eigenvalue weighted by Gasteiger charge is 2.33. The molecule has 0 amide bonds. The van der Waals surface area contributed by atoms with Crippen molar-refractivity contribution in [3.05, 3.63) is 54.1 Å². The first-order valence-corrected chi connectivity index (χ1v) is 6.01. The van der Waals surface area contributed by atoms with Crippen molar-refractivity contribution < 1.29 is 9.53 Å². The van der Waals surface area contributed by atoms with Gasteiger partial charge in [-0.15, -0.1) is 0 Å². The van der Waals surface area contributed by atoms with Crippen LogP contribution in [0.15, 0.2) is 42.9 Å². The van der Waals surface area contributed by atoms with Crippen LogP contribution in [0.5, 0.6) is 5.75 Å². The van der Waals surface area contributed by atoms with Crippen LogP contribution in [0.3, 0.4) is 0 Å². The lowest BCUT2D eigenvalue weighted by molar-refractivity contribution is 0.0902. The predicted octanol–water partition coefficient (Wildman–Crippen LogP) is 2.65. The van der Waals surface area contributed by atoms with Gasteiger partial charge >= 0.3 is 0 Å². The molecule has 0 aliphatic heterocycles. The van der Waals surface area contributed by atoms with E-state index >= 15 is 0 Å². The van der Waals surface area contributed by atoms with Crippen LogP contribution in [-0.4, -0.2) is 22.9 Å². The molecule has 0 aliphatic carbocycles. The molecule has 0 aromatic carbocycles. The average molecular weight is 256 g/mol. The average Bonchev–Trinajstić information content (AvgIpc) is 2.47. The highest BCUT2D eigenvalue weighted by Crippen LogP contribution is 2.29. The summed E-state index contributed by atoms with van der Waals surface area (Å²) in [5.74, 6) is 0.472. The van der Waals surface area contributed by atoms with Gasteiger partial charge in [0, 0.05) is 18.6 Å². The molecule has 0 radical (unpaired) electrons. The summed E-state index contributed by atoms with van der Waals surface area (Å²) in [6.07, 6.45) is 4.82. The molecule has 2 heterocycles. The summed E-state index contributed by atoms with van der Waals surface area (Å²) in [7, 11) is 1.54. The van der Waals surface area contributed by atoms with Crippen molar-refractivity contribution in [3.63, 3.8) is 0 Å². The minimum absolute atomic E-state index is 0.0591. The van der Waals surface area contributed by atoms with E-state index in [0.29, 0.717) is 11.3 Å². The van der Waals surface area contributed by atoms with E-state index in [9.17, 15) is 4.79 Å². The normalized spacial score (nSPS) is 11.1. The molecule has 0 fully saturated rings. The smallest absolute Gasteiger partial charge is 0.179 e. The number of aromatic nitrogens is 2. The van der Waals surface area contributed by atoms with Gasteiger partial charge in [0.2, 0.25) is 0 Å². The Morgan fingerprint density at radius 3 is 2.63 bits per heavy atom. The van der Waals surface area contributed by atoms with E-state index in [4.69, 9.17) is 4.74 Å². The van der Waals surface area contributed by atoms with Crippen LogP contribution < -0.4 is 4.74 Å². The summed E-state index contributed by atoms with van der Waals surface area (Å²) in [6, 6.07) is 7.23. The summed E-state index contributed by atoms with van der Waals surface area (Å²) in [5, 5.41) is 0. The predicted molar refractivity (Wildman–Crippen MR) is 72.4 cm³/mol. The zero-order valence-corrected chi connectivity index (χ0v) is 11.3. The van der Waals surface area contributed by atoms with Crippen molar-refractivity contribution in [2.24, 2.45) is 0 Å². The van der Waals surface area contributed by atoms with Crippen molar-refractivity contribution in [1.82, 2.24) is 9.97 Å². The van der Waals surface area contributed by atoms with Gasteiger partial charge in [0.25, 0.3) is 0 Å². The third-order valence-corrected chi connectivity index (χ3v) is 3.12. The Balaban J connectivity index is 2.44.